The van der Waals surface area contributed by atoms with Gasteiger partial charge in [-0.1, -0.05) is 36.0 Å². The Bertz CT molecular complexity index is 1250. The van der Waals surface area contributed by atoms with Crippen molar-refractivity contribution in [3.63, 3.8) is 0 Å². The molecule has 0 fully saturated rings. The number of imidazole rings is 2. The number of rotatable bonds is 8. The van der Waals surface area contributed by atoms with Gasteiger partial charge in [-0.2, -0.15) is 0 Å². The van der Waals surface area contributed by atoms with Crippen LogP contribution in [0.3, 0.4) is 0 Å². The highest BCUT2D eigenvalue weighted by Crippen LogP contribution is 2.26. The number of carbonyl (C=O) groups excluding carboxylic acids is 1. The molecule has 170 valence electrons. The molecule has 2 heterocycles. The van der Waals surface area contributed by atoms with Gasteiger partial charge in [0.05, 0.1) is 18.6 Å². The summed E-state index contributed by atoms with van der Waals surface area (Å²) in [5.41, 5.74) is 4.41. The second-order valence-corrected chi connectivity index (χ2v) is 8.70. The maximum atomic E-state index is 13.0. The lowest BCUT2D eigenvalue weighted by Gasteiger charge is -2.19. The second kappa shape index (κ2) is 9.95. The Balaban J connectivity index is 1.51. The molecule has 1 N–H and O–H groups in total. The minimum absolute atomic E-state index is 0.0978. The number of hydrogen-bond acceptors (Lipinski definition) is 5. The molecule has 0 spiro atoms. The molecule has 0 bridgehead atoms. The smallest absolute Gasteiger partial charge is 0.231 e. The van der Waals surface area contributed by atoms with Crippen molar-refractivity contribution in [3.8, 4) is 11.4 Å². The Morgan fingerprint density at radius 1 is 1.09 bits per heavy atom. The number of ether oxygens (including phenoxy) is 1. The van der Waals surface area contributed by atoms with Gasteiger partial charge in [-0.15, -0.1) is 0 Å². The van der Waals surface area contributed by atoms with E-state index in [-0.39, 0.29) is 17.7 Å². The van der Waals surface area contributed by atoms with E-state index in [0.717, 1.165) is 28.0 Å². The highest BCUT2D eigenvalue weighted by molar-refractivity contribution is 7.99. The lowest BCUT2D eigenvalue weighted by Crippen LogP contribution is -2.32. The predicted octanol–water partition coefficient (Wildman–Crippen LogP) is 4.23. The number of hydrogen-bond donors (Lipinski definition) is 1. The van der Waals surface area contributed by atoms with Crippen molar-refractivity contribution in [2.24, 2.45) is 7.05 Å². The number of nitrogens with one attached hydrogen (secondary N) is 1. The van der Waals surface area contributed by atoms with Gasteiger partial charge in [-0.3, -0.25) is 9.36 Å². The van der Waals surface area contributed by atoms with E-state index in [2.05, 4.69) is 41.3 Å². The first-order chi connectivity index (χ1) is 16.0. The fourth-order valence-electron chi connectivity index (χ4n) is 3.66. The number of methoxy groups -OCH3 is 1. The van der Waals surface area contributed by atoms with Gasteiger partial charge in [0.15, 0.2) is 5.16 Å². The van der Waals surface area contributed by atoms with Crippen LogP contribution in [-0.4, -0.2) is 37.9 Å². The third-order valence-corrected chi connectivity index (χ3v) is 6.61. The van der Waals surface area contributed by atoms with Crippen LogP contribution in [0.1, 0.15) is 28.6 Å². The van der Waals surface area contributed by atoms with Crippen molar-refractivity contribution in [3.05, 3.63) is 89.8 Å². The Kier molecular flexibility index (Phi) is 6.84. The molecule has 8 heteroatoms. The fourth-order valence-corrected chi connectivity index (χ4v) is 4.44. The van der Waals surface area contributed by atoms with E-state index in [0.29, 0.717) is 0 Å². The van der Waals surface area contributed by atoms with Crippen molar-refractivity contribution in [2.75, 3.05) is 12.9 Å². The van der Waals surface area contributed by atoms with E-state index >= 15 is 0 Å². The lowest BCUT2D eigenvalue weighted by atomic mass is 10.1. The van der Waals surface area contributed by atoms with Crippen molar-refractivity contribution in [1.29, 1.82) is 0 Å². The largest absolute Gasteiger partial charge is 0.497 e. The molecule has 0 aliphatic rings. The van der Waals surface area contributed by atoms with Gasteiger partial charge in [0.1, 0.15) is 17.6 Å². The minimum Gasteiger partial charge on any atom is -0.497 e. The molecule has 0 aliphatic carbocycles. The molecule has 0 aliphatic heterocycles. The Morgan fingerprint density at radius 3 is 2.55 bits per heavy atom. The number of benzene rings is 2. The molecule has 0 saturated heterocycles. The molecule has 1 unspecified atom stereocenters. The van der Waals surface area contributed by atoms with Crippen LogP contribution in [0.5, 0.6) is 5.75 Å². The third-order valence-electron chi connectivity index (χ3n) is 5.65. The first-order valence-electron chi connectivity index (χ1n) is 10.6. The van der Waals surface area contributed by atoms with Crippen molar-refractivity contribution in [1.82, 2.24) is 24.4 Å². The molecule has 2 aromatic carbocycles. The van der Waals surface area contributed by atoms with Gasteiger partial charge >= 0.3 is 0 Å². The SMILES string of the molecule is COc1ccc(C(NC(=O)CSc2nccn2-c2cccc(C)c2C)c2nccn2C)cc1. The molecule has 2 aromatic heterocycles. The fraction of sp³-hybridized carbons (Fsp3) is 0.240. The van der Waals surface area contributed by atoms with Crippen LogP contribution in [0.2, 0.25) is 0 Å². The summed E-state index contributed by atoms with van der Waals surface area (Å²) in [4.78, 5) is 21.9. The summed E-state index contributed by atoms with van der Waals surface area (Å²) in [5, 5.41) is 3.91. The highest BCUT2D eigenvalue weighted by atomic mass is 32.2. The minimum atomic E-state index is -0.372. The van der Waals surface area contributed by atoms with Crippen LogP contribution >= 0.6 is 11.8 Å². The molecule has 4 aromatic rings. The predicted molar refractivity (Wildman–Crippen MR) is 130 cm³/mol. The molecular weight excluding hydrogens is 434 g/mol. The topological polar surface area (TPSA) is 74.0 Å². The maximum Gasteiger partial charge on any atom is 0.231 e. The number of nitrogens with zero attached hydrogens (tertiary/aromatic N) is 4. The molecular formula is C25H27N5O2S. The van der Waals surface area contributed by atoms with E-state index in [1.165, 1.54) is 22.9 Å². The number of aromatic nitrogens is 4. The Morgan fingerprint density at radius 2 is 1.85 bits per heavy atom. The third kappa shape index (κ3) is 4.96. The highest BCUT2D eigenvalue weighted by Gasteiger charge is 2.21. The summed E-state index contributed by atoms with van der Waals surface area (Å²) >= 11 is 1.41. The summed E-state index contributed by atoms with van der Waals surface area (Å²) in [6.07, 6.45) is 7.29. The van der Waals surface area contributed by atoms with Crippen LogP contribution in [0.4, 0.5) is 0 Å². The van der Waals surface area contributed by atoms with E-state index in [1.807, 2.05) is 58.9 Å². The van der Waals surface area contributed by atoms with Gasteiger partial charge in [0, 0.05) is 31.8 Å². The summed E-state index contributed by atoms with van der Waals surface area (Å²) < 4.78 is 9.21. The van der Waals surface area contributed by atoms with Gasteiger partial charge in [-0.05, 0) is 48.7 Å². The molecule has 1 amide bonds. The first-order valence-corrected chi connectivity index (χ1v) is 11.6. The van der Waals surface area contributed by atoms with E-state index in [1.54, 1.807) is 19.5 Å². The molecule has 0 saturated carbocycles. The number of amides is 1. The van der Waals surface area contributed by atoms with Crippen molar-refractivity contribution < 1.29 is 9.53 Å². The number of aryl methyl sites for hydroxylation is 2. The summed E-state index contributed by atoms with van der Waals surface area (Å²) in [6.45, 7) is 4.19. The second-order valence-electron chi connectivity index (χ2n) is 7.76. The Hall–Kier alpha value is -3.52. The average molecular weight is 462 g/mol. The summed E-state index contributed by atoms with van der Waals surface area (Å²) in [6, 6.07) is 13.5. The zero-order valence-corrected chi connectivity index (χ0v) is 20.0. The maximum absolute atomic E-state index is 13.0. The lowest BCUT2D eigenvalue weighted by molar-refractivity contribution is -0.119. The number of thioether (sulfide) groups is 1. The Labute approximate surface area is 197 Å². The normalized spacial score (nSPS) is 11.9. The van der Waals surface area contributed by atoms with Gasteiger partial charge in [-0.25, -0.2) is 9.97 Å². The van der Waals surface area contributed by atoms with Crippen LogP contribution in [0, 0.1) is 13.8 Å². The molecule has 7 nitrogen and oxygen atoms in total. The van der Waals surface area contributed by atoms with Gasteiger partial charge in [0.25, 0.3) is 0 Å². The monoisotopic (exact) mass is 461 g/mol. The zero-order valence-electron chi connectivity index (χ0n) is 19.1. The van der Waals surface area contributed by atoms with E-state index in [4.69, 9.17) is 4.74 Å². The van der Waals surface area contributed by atoms with Crippen LogP contribution < -0.4 is 10.1 Å². The number of carbonyl (C=O) groups is 1. The molecule has 4 rings (SSSR count). The van der Waals surface area contributed by atoms with Crippen LogP contribution in [-0.2, 0) is 11.8 Å². The van der Waals surface area contributed by atoms with Crippen molar-refractivity contribution >= 4 is 17.7 Å². The molecule has 0 radical (unpaired) electrons. The van der Waals surface area contributed by atoms with E-state index in [9.17, 15) is 4.79 Å². The quantitative estimate of drug-likeness (QED) is 0.398. The van der Waals surface area contributed by atoms with E-state index < -0.39 is 0 Å². The summed E-state index contributed by atoms with van der Waals surface area (Å²) in [7, 11) is 3.55. The average Bonchev–Trinajstić information content (AvgIpc) is 3.47. The zero-order chi connectivity index (χ0) is 23.4. The molecule has 1 atom stereocenters. The summed E-state index contributed by atoms with van der Waals surface area (Å²) in [5.74, 6) is 1.66. The van der Waals surface area contributed by atoms with Crippen molar-refractivity contribution in [2.45, 2.75) is 25.0 Å². The van der Waals surface area contributed by atoms with Gasteiger partial charge in [0.2, 0.25) is 5.91 Å². The van der Waals surface area contributed by atoms with Crippen LogP contribution in [0.15, 0.2) is 72.4 Å². The van der Waals surface area contributed by atoms with Crippen LogP contribution in [0.25, 0.3) is 5.69 Å². The molecule has 33 heavy (non-hydrogen) atoms. The standard InChI is InChI=1S/C25H27N5O2S/c1-17-6-5-7-21(18(17)2)30-15-13-27-25(30)33-16-22(31)28-23(24-26-12-14-29(24)3)19-8-10-20(32-4)11-9-19/h5-15,23H,16H2,1-4H3,(H,28,31). The van der Waals surface area contributed by atoms with Gasteiger partial charge < -0.3 is 14.6 Å². The first kappa shape index (κ1) is 22.7.